The number of hydrogen-bond acceptors (Lipinski definition) is 9. The lowest BCUT2D eigenvalue weighted by molar-refractivity contribution is -0.174. The number of ether oxygens (including phenoxy) is 3. The topological polar surface area (TPSA) is 141 Å². The Balaban J connectivity index is 2.18. The number of carbonyl (C=O) groups is 3. The Morgan fingerprint density at radius 3 is 2.03 bits per heavy atom. The van der Waals surface area contributed by atoms with Gasteiger partial charge in [-0.2, -0.15) is 5.11 Å². The van der Waals surface area contributed by atoms with Crippen LogP contribution in [0.2, 0.25) is 0 Å². The first kappa shape index (κ1) is 25.1. The highest BCUT2D eigenvalue weighted by Crippen LogP contribution is 2.31. The molecule has 1 N–H and O–H groups in total. The number of esters is 3. The van der Waals surface area contributed by atoms with Gasteiger partial charge in [0.1, 0.15) is 12.3 Å². The highest BCUT2D eigenvalue weighted by molar-refractivity contribution is 5.68. The van der Waals surface area contributed by atoms with Crippen molar-refractivity contribution < 1.29 is 28.6 Å². The van der Waals surface area contributed by atoms with E-state index in [1.54, 1.807) is 60.7 Å². The van der Waals surface area contributed by atoms with E-state index in [9.17, 15) is 19.2 Å². The lowest BCUT2D eigenvalue weighted by atomic mass is 10.1. The average Bonchev–Trinajstić information content (AvgIpc) is 3.15. The van der Waals surface area contributed by atoms with E-state index in [0.29, 0.717) is 11.4 Å². The van der Waals surface area contributed by atoms with E-state index in [-0.39, 0.29) is 11.4 Å². The van der Waals surface area contributed by atoms with Gasteiger partial charge in [0.15, 0.2) is 17.9 Å². The molecule has 1 heterocycles. The minimum absolute atomic E-state index is 0.00661. The molecular formula is C24H24N4O7. The summed E-state index contributed by atoms with van der Waals surface area (Å²) >= 11 is 0. The van der Waals surface area contributed by atoms with E-state index < -0.39 is 42.3 Å². The van der Waals surface area contributed by atoms with Crippen LogP contribution in [0.15, 0.2) is 75.7 Å². The van der Waals surface area contributed by atoms with E-state index in [0.717, 1.165) is 13.8 Å². The molecule has 0 spiro atoms. The predicted octanol–water partition coefficient (Wildman–Crippen LogP) is 3.68. The number of nitrogens with zero attached hydrogens (tertiary/aromatic N) is 3. The summed E-state index contributed by atoms with van der Waals surface area (Å²) in [4.78, 5) is 48.5. The fraction of sp³-hybridized carbons (Fsp3) is 0.250. The van der Waals surface area contributed by atoms with Gasteiger partial charge in [-0.3, -0.25) is 24.3 Å². The van der Waals surface area contributed by atoms with E-state index >= 15 is 0 Å². The summed E-state index contributed by atoms with van der Waals surface area (Å²) in [5.41, 5.74) is 0.199. The number of hydrogen-bond donors (Lipinski definition) is 1. The number of benzene rings is 2. The fourth-order valence-corrected chi connectivity index (χ4v) is 3.20. The zero-order chi connectivity index (χ0) is 25.4. The number of para-hydroxylation sites is 1. The highest BCUT2D eigenvalue weighted by atomic mass is 16.6. The van der Waals surface area contributed by atoms with Gasteiger partial charge in [-0.1, -0.05) is 36.4 Å². The lowest BCUT2D eigenvalue weighted by Gasteiger charge is -2.25. The third-order valence-electron chi connectivity index (χ3n) is 4.61. The molecular weight excluding hydrogens is 456 g/mol. The van der Waals surface area contributed by atoms with Gasteiger partial charge in [-0.25, -0.2) is 4.68 Å². The van der Waals surface area contributed by atoms with Gasteiger partial charge in [-0.05, 0) is 24.3 Å². The Hall–Kier alpha value is -4.54. The number of aromatic amines is 1. The van der Waals surface area contributed by atoms with Crippen molar-refractivity contribution in [3.8, 4) is 5.69 Å². The van der Waals surface area contributed by atoms with Crippen LogP contribution in [0.1, 0.15) is 32.6 Å². The average molecular weight is 480 g/mol. The third kappa shape index (κ3) is 6.73. The molecule has 0 amide bonds. The SMILES string of the molecule is CC(=O)OCC(OC(C)=O)C(OC(C)=O)c1[nH]n(-c2ccccc2)c(=O)c1N=Nc1ccccc1. The summed E-state index contributed by atoms with van der Waals surface area (Å²) < 4.78 is 16.9. The van der Waals surface area contributed by atoms with Crippen LogP contribution in [0.3, 0.4) is 0 Å². The molecule has 2 atom stereocenters. The lowest BCUT2D eigenvalue weighted by Crippen LogP contribution is -2.33. The summed E-state index contributed by atoms with van der Waals surface area (Å²) in [6.07, 6.45) is -2.63. The van der Waals surface area contributed by atoms with E-state index in [4.69, 9.17) is 14.2 Å². The second-order valence-corrected chi connectivity index (χ2v) is 7.37. The molecule has 0 aliphatic rings. The maximum atomic E-state index is 13.4. The largest absolute Gasteiger partial charge is 0.462 e. The molecule has 2 aromatic carbocycles. The summed E-state index contributed by atoms with van der Waals surface area (Å²) in [7, 11) is 0. The molecule has 35 heavy (non-hydrogen) atoms. The number of azo groups is 1. The summed E-state index contributed by atoms with van der Waals surface area (Å²) in [6.45, 7) is 3.06. The zero-order valence-electron chi connectivity index (χ0n) is 19.3. The van der Waals surface area contributed by atoms with Crippen molar-refractivity contribution in [1.82, 2.24) is 9.78 Å². The monoisotopic (exact) mass is 480 g/mol. The van der Waals surface area contributed by atoms with Crippen molar-refractivity contribution in [3.05, 3.63) is 76.7 Å². The van der Waals surface area contributed by atoms with Crippen LogP contribution in [0.4, 0.5) is 11.4 Å². The smallest absolute Gasteiger partial charge is 0.303 e. The van der Waals surface area contributed by atoms with E-state index in [2.05, 4.69) is 15.3 Å². The predicted molar refractivity (Wildman–Crippen MR) is 124 cm³/mol. The van der Waals surface area contributed by atoms with E-state index in [1.165, 1.54) is 11.6 Å². The number of nitrogens with one attached hydrogen (secondary N) is 1. The minimum atomic E-state index is -1.36. The van der Waals surface area contributed by atoms with Crippen molar-refractivity contribution in [2.45, 2.75) is 33.0 Å². The fourth-order valence-electron chi connectivity index (χ4n) is 3.20. The zero-order valence-corrected chi connectivity index (χ0v) is 19.3. The molecule has 0 aliphatic heterocycles. The Bertz CT molecular complexity index is 1270. The van der Waals surface area contributed by atoms with Crippen molar-refractivity contribution in [2.75, 3.05) is 6.61 Å². The Kier molecular flexibility index (Phi) is 8.28. The first-order chi connectivity index (χ1) is 16.8. The van der Waals surface area contributed by atoms with Gasteiger partial charge in [0.2, 0.25) is 0 Å². The molecule has 2 unspecified atom stereocenters. The molecule has 0 radical (unpaired) electrons. The number of H-pyrrole nitrogens is 1. The van der Waals surface area contributed by atoms with Crippen LogP contribution in [0.5, 0.6) is 0 Å². The second-order valence-electron chi connectivity index (χ2n) is 7.37. The summed E-state index contributed by atoms with van der Waals surface area (Å²) in [6, 6.07) is 17.3. The molecule has 1 aromatic heterocycles. The molecule has 0 saturated heterocycles. The van der Waals surface area contributed by atoms with Crippen LogP contribution in [-0.4, -0.2) is 40.4 Å². The first-order valence-electron chi connectivity index (χ1n) is 10.6. The second kappa shape index (κ2) is 11.5. The van der Waals surface area contributed by atoms with Crippen molar-refractivity contribution in [3.63, 3.8) is 0 Å². The van der Waals surface area contributed by atoms with E-state index in [1.807, 2.05) is 0 Å². The number of rotatable bonds is 9. The normalized spacial score (nSPS) is 12.7. The van der Waals surface area contributed by atoms with Crippen LogP contribution in [-0.2, 0) is 28.6 Å². The summed E-state index contributed by atoms with van der Waals surface area (Å²) in [5.74, 6) is -2.08. The molecule has 11 nitrogen and oxygen atoms in total. The Morgan fingerprint density at radius 1 is 0.857 bits per heavy atom. The third-order valence-corrected chi connectivity index (χ3v) is 4.61. The molecule has 3 aromatic rings. The molecule has 0 fully saturated rings. The van der Waals surface area contributed by atoms with Gasteiger partial charge < -0.3 is 14.2 Å². The van der Waals surface area contributed by atoms with Gasteiger partial charge >= 0.3 is 17.9 Å². The standard InChI is InChI=1S/C24H24N4O7/c1-15(29)33-14-20(34-16(2)30)23(35-17(3)31)21-22(26-25-18-10-6-4-7-11-18)24(32)28(27-21)19-12-8-5-9-13-19/h4-13,20,23,27H,14H2,1-3H3. The van der Waals surface area contributed by atoms with Crippen molar-refractivity contribution >= 4 is 29.3 Å². The van der Waals surface area contributed by atoms with Crippen LogP contribution < -0.4 is 5.56 Å². The first-order valence-corrected chi connectivity index (χ1v) is 10.6. The van der Waals surface area contributed by atoms with Crippen LogP contribution >= 0.6 is 0 Å². The summed E-state index contributed by atoms with van der Waals surface area (Å²) in [5, 5.41) is 11.1. The molecule has 0 bridgehead atoms. The maximum absolute atomic E-state index is 13.4. The molecule has 0 saturated carbocycles. The van der Waals surface area contributed by atoms with Gasteiger partial charge in [0, 0.05) is 20.8 Å². The van der Waals surface area contributed by atoms with Crippen LogP contribution in [0.25, 0.3) is 5.69 Å². The highest BCUT2D eigenvalue weighted by Gasteiger charge is 2.35. The molecule has 11 heteroatoms. The van der Waals surface area contributed by atoms with Gasteiger partial charge in [0.25, 0.3) is 5.56 Å². The quantitative estimate of drug-likeness (QED) is 0.280. The van der Waals surface area contributed by atoms with Crippen molar-refractivity contribution in [1.29, 1.82) is 0 Å². The Labute approximate surface area is 200 Å². The minimum Gasteiger partial charge on any atom is -0.462 e. The Morgan fingerprint density at radius 2 is 1.46 bits per heavy atom. The van der Waals surface area contributed by atoms with Gasteiger partial charge in [-0.15, -0.1) is 5.11 Å². The molecule has 3 rings (SSSR count). The molecule has 0 aliphatic carbocycles. The van der Waals surface area contributed by atoms with Crippen molar-refractivity contribution in [2.24, 2.45) is 10.2 Å². The number of aromatic nitrogens is 2. The molecule has 182 valence electrons. The maximum Gasteiger partial charge on any atom is 0.303 e. The van der Waals surface area contributed by atoms with Gasteiger partial charge in [0.05, 0.1) is 11.4 Å². The van der Waals surface area contributed by atoms with Crippen LogP contribution in [0, 0.1) is 0 Å². The number of carbonyl (C=O) groups excluding carboxylic acids is 3.